The topological polar surface area (TPSA) is 91.0 Å². The number of rotatable bonds is 7. The SMILES string of the molecule is COc1cccc(C(=O)NC2CC23CCN(CC2CCN(c4ccc(C5CCC(=O)NC5=O)cc4F)CC2)CC3)c1. The summed E-state index contributed by atoms with van der Waals surface area (Å²) in [5.74, 6) is -0.120. The summed E-state index contributed by atoms with van der Waals surface area (Å²) in [6.45, 7) is 4.82. The number of methoxy groups -OCH3 is 1. The number of hydrogen-bond acceptors (Lipinski definition) is 6. The quantitative estimate of drug-likeness (QED) is 0.499. The number of nitrogens with one attached hydrogen (secondary N) is 2. The fraction of sp³-hybridized carbons (Fsp3) is 0.531. The summed E-state index contributed by atoms with van der Waals surface area (Å²) in [5, 5.41) is 5.60. The average Bonchev–Trinajstić information content (AvgIpc) is 3.65. The molecule has 4 aliphatic rings. The maximum atomic E-state index is 15.1. The minimum absolute atomic E-state index is 0.0259. The van der Waals surface area contributed by atoms with E-state index in [-0.39, 0.29) is 41.4 Å². The molecule has 3 aliphatic heterocycles. The van der Waals surface area contributed by atoms with Crippen molar-refractivity contribution in [3.05, 3.63) is 59.4 Å². The van der Waals surface area contributed by atoms with E-state index in [1.54, 1.807) is 19.2 Å². The molecular formula is C32H39FN4O4. The zero-order chi connectivity index (χ0) is 28.6. The number of carbonyl (C=O) groups is 3. The molecule has 0 bridgehead atoms. The van der Waals surface area contributed by atoms with Crippen molar-refractivity contribution in [2.24, 2.45) is 11.3 Å². The lowest BCUT2D eigenvalue weighted by molar-refractivity contribution is -0.134. The zero-order valence-electron chi connectivity index (χ0n) is 23.7. The molecule has 41 heavy (non-hydrogen) atoms. The predicted molar refractivity (Wildman–Crippen MR) is 153 cm³/mol. The van der Waals surface area contributed by atoms with Crippen molar-refractivity contribution < 1.29 is 23.5 Å². The van der Waals surface area contributed by atoms with Gasteiger partial charge in [0, 0.05) is 37.7 Å². The van der Waals surface area contributed by atoms with Crippen LogP contribution in [0.3, 0.4) is 0 Å². The van der Waals surface area contributed by atoms with Gasteiger partial charge >= 0.3 is 0 Å². The summed E-state index contributed by atoms with van der Waals surface area (Å²) in [6.07, 6.45) is 6.03. The van der Waals surface area contributed by atoms with Crippen LogP contribution in [-0.2, 0) is 9.59 Å². The number of halogens is 1. The number of ether oxygens (including phenoxy) is 1. The molecule has 0 aromatic heterocycles. The highest BCUT2D eigenvalue weighted by molar-refractivity contribution is 6.01. The van der Waals surface area contributed by atoms with Crippen LogP contribution in [0.1, 0.15) is 66.8 Å². The van der Waals surface area contributed by atoms with E-state index in [1.807, 2.05) is 24.3 Å². The van der Waals surface area contributed by atoms with Crippen LogP contribution in [0.2, 0.25) is 0 Å². The van der Waals surface area contributed by atoms with Gasteiger partial charge in [-0.15, -0.1) is 0 Å². The molecule has 8 nitrogen and oxygen atoms in total. The first-order valence-electron chi connectivity index (χ1n) is 14.9. The van der Waals surface area contributed by atoms with E-state index in [1.165, 1.54) is 6.07 Å². The molecule has 2 unspecified atom stereocenters. The van der Waals surface area contributed by atoms with Gasteiger partial charge < -0.3 is 19.9 Å². The van der Waals surface area contributed by atoms with Crippen LogP contribution in [0.15, 0.2) is 42.5 Å². The lowest BCUT2D eigenvalue weighted by atomic mass is 9.89. The van der Waals surface area contributed by atoms with E-state index in [4.69, 9.17) is 4.74 Å². The second kappa shape index (κ2) is 11.4. The Hall–Kier alpha value is -3.46. The predicted octanol–water partition coefficient (Wildman–Crippen LogP) is 3.86. The Labute approximate surface area is 240 Å². The number of imide groups is 1. The average molecular weight is 563 g/mol. The second-order valence-electron chi connectivity index (χ2n) is 12.3. The van der Waals surface area contributed by atoms with Crippen LogP contribution in [0.5, 0.6) is 5.75 Å². The molecule has 4 fully saturated rings. The number of carbonyl (C=O) groups excluding carboxylic acids is 3. The lowest BCUT2D eigenvalue weighted by Gasteiger charge is -2.39. The fourth-order valence-corrected chi connectivity index (χ4v) is 7.02. The first-order chi connectivity index (χ1) is 19.8. The van der Waals surface area contributed by atoms with Crippen LogP contribution < -0.4 is 20.3 Å². The molecule has 1 saturated carbocycles. The Morgan fingerprint density at radius 1 is 1.07 bits per heavy atom. The van der Waals surface area contributed by atoms with E-state index in [0.717, 1.165) is 64.8 Å². The highest BCUT2D eigenvalue weighted by atomic mass is 19.1. The van der Waals surface area contributed by atoms with Crippen molar-refractivity contribution in [2.45, 2.75) is 56.9 Å². The number of anilines is 1. The number of likely N-dealkylation sites (tertiary alicyclic amines) is 1. The summed E-state index contributed by atoms with van der Waals surface area (Å²) in [7, 11) is 1.61. The number of amides is 3. The largest absolute Gasteiger partial charge is 0.497 e. The normalized spacial score (nSPS) is 24.7. The molecule has 9 heteroatoms. The molecule has 1 spiro atoms. The standard InChI is InChI=1S/C32H39FN4O4/c1-41-24-4-2-3-23(17-24)30(39)34-28-19-32(28)11-15-36(16-12-32)20-21-9-13-37(14-10-21)27-7-5-22(18-26(27)33)25-6-8-29(38)35-31(25)40/h2-5,7,17-18,21,25,28H,6,8-16,19-20H2,1H3,(H,34,39)(H,35,38,40). The van der Waals surface area contributed by atoms with Crippen molar-refractivity contribution >= 4 is 23.4 Å². The van der Waals surface area contributed by atoms with Gasteiger partial charge in [0.2, 0.25) is 11.8 Å². The van der Waals surface area contributed by atoms with Crippen molar-refractivity contribution in [2.75, 3.05) is 44.7 Å². The van der Waals surface area contributed by atoms with Gasteiger partial charge in [0.05, 0.1) is 18.7 Å². The van der Waals surface area contributed by atoms with Crippen LogP contribution in [-0.4, -0.2) is 68.5 Å². The molecule has 2 aromatic carbocycles. The molecule has 3 heterocycles. The lowest BCUT2D eigenvalue weighted by Crippen LogP contribution is -2.43. The minimum Gasteiger partial charge on any atom is -0.497 e. The smallest absolute Gasteiger partial charge is 0.251 e. The molecule has 1 aliphatic carbocycles. The second-order valence-corrected chi connectivity index (χ2v) is 12.3. The molecular weight excluding hydrogens is 523 g/mol. The molecule has 218 valence electrons. The van der Waals surface area contributed by atoms with Crippen molar-refractivity contribution in [3.8, 4) is 5.75 Å². The summed E-state index contributed by atoms with van der Waals surface area (Å²) in [5.41, 5.74) is 2.11. The van der Waals surface area contributed by atoms with Crippen LogP contribution >= 0.6 is 0 Å². The van der Waals surface area contributed by atoms with E-state index >= 15 is 4.39 Å². The van der Waals surface area contributed by atoms with Gasteiger partial charge in [-0.1, -0.05) is 12.1 Å². The maximum absolute atomic E-state index is 15.1. The van der Waals surface area contributed by atoms with Gasteiger partial charge in [-0.3, -0.25) is 19.7 Å². The van der Waals surface area contributed by atoms with E-state index in [0.29, 0.717) is 34.9 Å². The van der Waals surface area contributed by atoms with Crippen LogP contribution in [0.4, 0.5) is 10.1 Å². The molecule has 0 radical (unpaired) electrons. The van der Waals surface area contributed by atoms with Crippen molar-refractivity contribution in [1.29, 1.82) is 0 Å². The summed E-state index contributed by atoms with van der Waals surface area (Å²) < 4.78 is 20.4. The van der Waals surface area contributed by atoms with Gasteiger partial charge in [-0.2, -0.15) is 0 Å². The molecule has 2 atom stereocenters. The summed E-state index contributed by atoms with van der Waals surface area (Å²) in [6, 6.07) is 12.6. The Balaban J connectivity index is 0.946. The van der Waals surface area contributed by atoms with Gasteiger partial charge in [-0.25, -0.2) is 4.39 Å². The Morgan fingerprint density at radius 3 is 2.56 bits per heavy atom. The first-order valence-corrected chi connectivity index (χ1v) is 14.9. The fourth-order valence-electron chi connectivity index (χ4n) is 7.02. The molecule has 2 aromatic rings. The summed E-state index contributed by atoms with van der Waals surface area (Å²) in [4.78, 5) is 41.1. The molecule has 3 amide bonds. The van der Waals surface area contributed by atoms with Gasteiger partial charge in [0.1, 0.15) is 11.6 Å². The number of hydrogen-bond donors (Lipinski definition) is 2. The third kappa shape index (κ3) is 5.96. The van der Waals surface area contributed by atoms with Crippen molar-refractivity contribution in [1.82, 2.24) is 15.5 Å². The monoisotopic (exact) mass is 562 g/mol. The molecule has 3 saturated heterocycles. The van der Waals surface area contributed by atoms with E-state index in [9.17, 15) is 14.4 Å². The third-order valence-corrected chi connectivity index (χ3v) is 9.76. The van der Waals surface area contributed by atoms with Crippen LogP contribution in [0, 0.1) is 17.2 Å². The van der Waals surface area contributed by atoms with Gasteiger partial charge in [0.25, 0.3) is 5.91 Å². The minimum atomic E-state index is -0.471. The Bertz CT molecular complexity index is 1320. The van der Waals surface area contributed by atoms with Gasteiger partial charge in [-0.05, 0) is 98.8 Å². The number of benzene rings is 2. The third-order valence-electron chi connectivity index (χ3n) is 9.76. The highest BCUT2D eigenvalue weighted by Crippen LogP contribution is 2.54. The van der Waals surface area contributed by atoms with Crippen molar-refractivity contribution in [3.63, 3.8) is 0 Å². The highest BCUT2D eigenvalue weighted by Gasteiger charge is 2.55. The first kappa shape index (κ1) is 27.7. The van der Waals surface area contributed by atoms with Gasteiger partial charge in [0.15, 0.2) is 0 Å². The summed E-state index contributed by atoms with van der Waals surface area (Å²) >= 11 is 0. The molecule has 6 rings (SSSR count). The number of nitrogens with zero attached hydrogens (tertiary/aromatic N) is 2. The van der Waals surface area contributed by atoms with Crippen LogP contribution in [0.25, 0.3) is 0 Å². The molecule has 2 N–H and O–H groups in total. The zero-order valence-corrected chi connectivity index (χ0v) is 23.7. The Morgan fingerprint density at radius 2 is 1.85 bits per heavy atom. The van der Waals surface area contributed by atoms with E-state index < -0.39 is 5.92 Å². The Kier molecular flexibility index (Phi) is 7.72. The maximum Gasteiger partial charge on any atom is 0.251 e. The number of piperidine rings is 3. The van der Waals surface area contributed by atoms with E-state index in [2.05, 4.69) is 20.4 Å².